The van der Waals surface area contributed by atoms with Crippen LogP contribution in [0.4, 0.5) is 0 Å². The molecule has 5 heteroatoms. The van der Waals surface area contributed by atoms with Crippen molar-refractivity contribution in [2.75, 3.05) is 7.11 Å². The minimum atomic E-state index is -1.04. The molecular weight excluding hydrogens is 298 g/mol. The van der Waals surface area contributed by atoms with Crippen molar-refractivity contribution >= 4 is 32.8 Å². The Kier molecular flexibility index (Phi) is 3.52. The first-order valence-corrected chi connectivity index (χ1v) is 6.26. The fourth-order valence-electron chi connectivity index (χ4n) is 1.88. The summed E-state index contributed by atoms with van der Waals surface area (Å²) in [6, 6.07) is 5.43. The Balaban J connectivity index is 2.82. The van der Waals surface area contributed by atoms with E-state index in [9.17, 15) is 4.79 Å². The number of carboxylic acid groups (broad SMARTS) is 1. The highest BCUT2D eigenvalue weighted by Crippen LogP contribution is 2.28. The number of rotatable bonds is 3. The number of carboxylic acids is 1. The first kappa shape index (κ1) is 12.8. The summed E-state index contributed by atoms with van der Waals surface area (Å²) in [7, 11) is 1.42. The molecule has 0 atom stereocenters. The van der Waals surface area contributed by atoms with E-state index in [1.54, 1.807) is 6.07 Å². The molecule has 0 aliphatic heterocycles. The lowest BCUT2D eigenvalue weighted by atomic mass is 10.1. The number of carbonyl (C=O) groups is 1. The molecule has 18 heavy (non-hydrogen) atoms. The van der Waals surface area contributed by atoms with Gasteiger partial charge < -0.3 is 9.84 Å². The molecule has 0 spiro atoms. The van der Waals surface area contributed by atoms with Crippen molar-refractivity contribution in [3.8, 4) is 5.88 Å². The number of methoxy groups -OCH3 is 1. The molecule has 0 unspecified atom stereocenters. The minimum Gasteiger partial charge on any atom is -0.480 e. The van der Waals surface area contributed by atoms with Crippen LogP contribution in [0.2, 0.25) is 0 Å². The van der Waals surface area contributed by atoms with Gasteiger partial charge in [-0.15, -0.1) is 0 Å². The summed E-state index contributed by atoms with van der Waals surface area (Å²) in [5, 5.41) is 9.91. The van der Waals surface area contributed by atoms with Crippen LogP contribution in [0.25, 0.3) is 10.9 Å². The number of aromatic nitrogens is 1. The fourth-order valence-corrected chi connectivity index (χ4v) is 2.41. The van der Waals surface area contributed by atoms with Gasteiger partial charge in [-0.25, -0.2) is 9.78 Å². The second kappa shape index (κ2) is 4.94. The molecule has 1 aromatic carbocycles. The maximum absolute atomic E-state index is 11.1. The second-order valence-electron chi connectivity index (χ2n) is 3.84. The van der Waals surface area contributed by atoms with E-state index in [2.05, 4.69) is 20.9 Å². The monoisotopic (exact) mass is 309 g/mol. The summed E-state index contributed by atoms with van der Waals surface area (Å²) >= 11 is 3.41. The van der Waals surface area contributed by atoms with Gasteiger partial charge in [0, 0.05) is 9.86 Å². The summed E-state index contributed by atoms with van der Waals surface area (Å²) in [6.07, 6.45) is 0.818. The minimum absolute atomic E-state index is 0.0742. The lowest BCUT2D eigenvalue weighted by molar-refractivity contribution is 0.0692. The molecule has 0 amide bonds. The van der Waals surface area contributed by atoms with Gasteiger partial charge in [-0.3, -0.25) is 0 Å². The number of halogens is 1. The molecule has 0 fully saturated rings. The van der Waals surface area contributed by atoms with Gasteiger partial charge in [-0.05, 0) is 30.2 Å². The normalized spacial score (nSPS) is 10.6. The SMILES string of the molecule is CCc1cc(Br)cc2cc(C(=O)O)c(OC)nc12. The van der Waals surface area contributed by atoms with Crippen molar-refractivity contribution in [2.24, 2.45) is 0 Å². The third-order valence-electron chi connectivity index (χ3n) is 2.73. The molecule has 94 valence electrons. The van der Waals surface area contributed by atoms with E-state index in [1.165, 1.54) is 7.11 Å². The van der Waals surface area contributed by atoms with E-state index in [0.29, 0.717) is 0 Å². The van der Waals surface area contributed by atoms with E-state index < -0.39 is 5.97 Å². The maximum Gasteiger partial charge on any atom is 0.341 e. The molecule has 4 nitrogen and oxygen atoms in total. The van der Waals surface area contributed by atoms with Crippen molar-refractivity contribution in [3.63, 3.8) is 0 Å². The van der Waals surface area contributed by atoms with Crippen LogP contribution >= 0.6 is 15.9 Å². The Bertz CT molecular complexity index is 625. The second-order valence-corrected chi connectivity index (χ2v) is 4.76. The van der Waals surface area contributed by atoms with E-state index in [-0.39, 0.29) is 11.4 Å². The van der Waals surface area contributed by atoms with E-state index in [1.807, 2.05) is 19.1 Å². The van der Waals surface area contributed by atoms with Crippen LogP contribution in [-0.2, 0) is 6.42 Å². The molecule has 1 aromatic heterocycles. The predicted molar refractivity (Wildman–Crippen MR) is 72.3 cm³/mol. The Morgan fingerprint density at radius 1 is 1.44 bits per heavy atom. The van der Waals surface area contributed by atoms with E-state index >= 15 is 0 Å². The van der Waals surface area contributed by atoms with Crippen LogP contribution in [-0.4, -0.2) is 23.2 Å². The summed E-state index contributed by atoms with van der Waals surface area (Å²) < 4.78 is 5.95. The first-order valence-electron chi connectivity index (χ1n) is 5.47. The topological polar surface area (TPSA) is 59.4 Å². The average Bonchev–Trinajstić information content (AvgIpc) is 2.35. The van der Waals surface area contributed by atoms with Crippen LogP contribution in [0, 0.1) is 0 Å². The molecule has 2 aromatic rings. The number of benzene rings is 1. The standard InChI is InChI=1S/C13H12BrNO3/c1-3-7-4-9(14)5-8-6-10(13(16)17)12(18-2)15-11(7)8/h4-6H,3H2,1-2H3,(H,16,17). The van der Waals surface area contributed by atoms with Gasteiger partial charge in [0.1, 0.15) is 5.56 Å². The molecule has 0 radical (unpaired) electrons. The van der Waals surface area contributed by atoms with Gasteiger partial charge in [0.05, 0.1) is 12.6 Å². The van der Waals surface area contributed by atoms with Gasteiger partial charge in [0.25, 0.3) is 0 Å². The Hall–Kier alpha value is -1.62. The predicted octanol–water partition coefficient (Wildman–Crippen LogP) is 3.27. The van der Waals surface area contributed by atoms with Gasteiger partial charge in [-0.1, -0.05) is 22.9 Å². The van der Waals surface area contributed by atoms with Gasteiger partial charge in [0.15, 0.2) is 0 Å². The van der Waals surface area contributed by atoms with Crippen LogP contribution in [0.3, 0.4) is 0 Å². The van der Waals surface area contributed by atoms with E-state index in [0.717, 1.165) is 27.4 Å². The molecule has 0 saturated carbocycles. The zero-order valence-electron chi connectivity index (χ0n) is 10.0. The van der Waals surface area contributed by atoms with Gasteiger partial charge in [0.2, 0.25) is 5.88 Å². The summed E-state index contributed by atoms with van der Waals surface area (Å²) in [5.41, 5.74) is 1.90. The van der Waals surface area contributed by atoms with Crippen LogP contribution < -0.4 is 4.74 Å². The first-order chi connectivity index (χ1) is 8.56. The molecule has 0 bridgehead atoms. The number of aromatic carboxylic acids is 1. The number of hydrogen-bond donors (Lipinski definition) is 1. The molecule has 0 saturated heterocycles. The maximum atomic E-state index is 11.1. The number of fused-ring (bicyclic) bond motifs is 1. The average molecular weight is 310 g/mol. The summed E-state index contributed by atoms with van der Waals surface area (Å²) in [5.74, 6) is -0.897. The smallest absolute Gasteiger partial charge is 0.341 e. The largest absolute Gasteiger partial charge is 0.480 e. The molecule has 1 N–H and O–H groups in total. The van der Waals surface area contributed by atoms with Crippen LogP contribution in [0.5, 0.6) is 5.88 Å². The van der Waals surface area contributed by atoms with Gasteiger partial charge >= 0.3 is 5.97 Å². The number of ether oxygens (including phenoxy) is 1. The Labute approximate surface area is 113 Å². The fraction of sp³-hybridized carbons (Fsp3) is 0.231. The van der Waals surface area contributed by atoms with Crippen LogP contribution in [0.1, 0.15) is 22.8 Å². The third kappa shape index (κ3) is 2.18. The number of nitrogens with zero attached hydrogens (tertiary/aromatic N) is 1. The van der Waals surface area contributed by atoms with Crippen molar-refractivity contribution in [1.82, 2.24) is 4.98 Å². The summed E-state index contributed by atoms with van der Waals surface area (Å²) in [6.45, 7) is 2.03. The molecule has 0 aliphatic carbocycles. The van der Waals surface area contributed by atoms with Crippen molar-refractivity contribution in [3.05, 3.63) is 33.8 Å². The third-order valence-corrected chi connectivity index (χ3v) is 3.19. The molecular formula is C13H12BrNO3. The van der Waals surface area contributed by atoms with Crippen LogP contribution in [0.15, 0.2) is 22.7 Å². The van der Waals surface area contributed by atoms with Crippen molar-refractivity contribution in [2.45, 2.75) is 13.3 Å². The summed E-state index contributed by atoms with van der Waals surface area (Å²) in [4.78, 5) is 15.4. The lowest BCUT2D eigenvalue weighted by Crippen LogP contribution is -2.03. The van der Waals surface area contributed by atoms with E-state index in [4.69, 9.17) is 9.84 Å². The highest BCUT2D eigenvalue weighted by Gasteiger charge is 2.15. The lowest BCUT2D eigenvalue weighted by Gasteiger charge is -2.09. The van der Waals surface area contributed by atoms with Gasteiger partial charge in [-0.2, -0.15) is 0 Å². The zero-order chi connectivity index (χ0) is 13.3. The zero-order valence-corrected chi connectivity index (χ0v) is 11.6. The molecule has 1 heterocycles. The molecule has 0 aliphatic rings. The van der Waals surface area contributed by atoms with Crippen molar-refractivity contribution in [1.29, 1.82) is 0 Å². The highest BCUT2D eigenvalue weighted by molar-refractivity contribution is 9.10. The Morgan fingerprint density at radius 2 is 2.17 bits per heavy atom. The highest BCUT2D eigenvalue weighted by atomic mass is 79.9. The molecule has 2 rings (SSSR count). The quantitative estimate of drug-likeness (QED) is 0.945. The number of hydrogen-bond acceptors (Lipinski definition) is 3. The van der Waals surface area contributed by atoms with Crippen molar-refractivity contribution < 1.29 is 14.6 Å². The Morgan fingerprint density at radius 3 is 2.72 bits per heavy atom. The number of aryl methyl sites for hydroxylation is 1. The number of pyridine rings is 1.